The Labute approximate surface area is 144 Å². The fourth-order valence-electron chi connectivity index (χ4n) is 2.74. The van der Waals surface area contributed by atoms with Gasteiger partial charge in [0.2, 0.25) is 5.91 Å². The van der Waals surface area contributed by atoms with Crippen molar-refractivity contribution in [1.29, 1.82) is 0 Å². The molecule has 0 spiro atoms. The van der Waals surface area contributed by atoms with E-state index in [0.29, 0.717) is 24.6 Å². The molecule has 6 heteroatoms. The Hall–Kier alpha value is -1.59. The Kier molecular flexibility index (Phi) is 8.06. The highest BCUT2D eigenvalue weighted by atomic mass is 35.5. The van der Waals surface area contributed by atoms with Gasteiger partial charge in [0.05, 0.1) is 0 Å². The molecule has 1 aliphatic rings. The van der Waals surface area contributed by atoms with Gasteiger partial charge in [-0.05, 0) is 50.6 Å². The van der Waals surface area contributed by atoms with Crippen LogP contribution in [0.25, 0.3) is 0 Å². The predicted molar refractivity (Wildman–Crippen MR) is 95.3 cm³/mol. The molecule has 23 heavy (non-hydrogen) atoms. The van der Waals surface area contributed by atoms with E-state index in [-0.39, 0.29) is 24.2 Å². The Balaban J connectivity index is 0.00000264. The van der Waals surface area contributed by atoms with Gasteiger partial charge < -0.3 is 16.0 Å². The zero-order valence-electron chi connectivity index (χ0n) is 13.8. The summed E-state index contributed by atoms with van der Waals surface area (Å²) >= 11 is 0. The second-order valence-electron chi connectivity index (χ2n) is 5.89. The topological polar surface area (TPSA) is 70.2 Å². The van der Waals surface area contributed by atoms with Crippen LogP contribution in [0.1, 0.15) is 48.0 Å². The molecule has 0 bridgehead atoms. The first-order valence-corrected chi connectivity index (χ1v) is 7.96. The van der Waals surface area contributed by atoms with Crippen LogP contribution in [0.15, 0.2) is 18.2 Å². The van der Waals surface area contributed by atoms with Gasteiger partial charge in [-0.2, -0.15) is 0 Å². The average Bonchev–Trinajstić information content (AvgIpc) is 3.00. The van der Waals surface area contributed by atoms with Gasteiger partial charge in [0.1, 0.15) is 0 Å². The minimum atomic E-state index is -0.0272. The van der Waals surface area contributed by atoms with Crippen LogP contribution in [0.2, 0.25) is 0 Å². The lowest BCUT2D eigenvalue weighted by Crippen LogP contribution is -2.32. The number of nitrogens with one attached hydrogen (secondary N) is 3. The SMILES string of the molecule is CNCCC(=O)Nc1ccc(C(=O)NC2CCCC2)cc1C.Cl. The highest BCUT2D eigenvalue weighted by Gasteiger charge is 2.18. The van der Waals surface area contributed by atoms with Crippen LogP contribution >= 0.6 is 12.4 Å². The largest absolute Gasteiger partial charge is 0.349 e. The molecule has 0 radical (unpaired) electrons. The van der Waals surface area contributed by atoms with Gasteiger partial charge in [-0.3, -0.25) is 9.59 Å². The minimum Gasteiger partial charge on any atom is -0.349 e. The summed E-state index contributed by atoms with van der Waals surface area (Å²) in [6, 6.07) is 5.72. The van der Waals surface area contributed by atoms with Crippen LogP contribution in [-0.2, 0) is 4.79 Å². The van der Waals surface area contributed by atoms with Crippen LogP contribution in [0, 0.1) is 6.92 Å². The van der Waals surface area contributed by atoms with E-state index in [4.69, 9.17) is 0 Å². The number of benzene rings is 1. The van der Waals surface area contributed by atoms with E-state index in [1.54, 1.807) is 12.1 Å². The molecule has 0 heterocycles. The summed E-state index contributed by atoms with van der Waals surface area (Å²) in [6.07, 6.45) is 4.97. The zero-order valence-corrected chi connectivity index (χ0v) is 14.6. The minimum absolute atomic E-state index is 0. The third-order valence-electron chi connectivity index (χ3n) is 4.06. The van der Waals surface area contributed by atoms with Crippen molar-refractivity contribution in [2.75, 3.05) is 18.9 Å². The van der Waals surface area contributed by atoms with E-state index in [9.17, 15) is 9.59 Å². The summed E-state index contributed by atoms with van der Waals surface area (Å²) in [7, 11) is 1.82. The highest BCUT2D eigenvalue weighted by Crippen LogP contribution is 2.20. The molecule has 5 nitrogen and oxygen atoms in total. The highest BCUT2D eigenvalue weighted by molar-refractivity contribution is 5.96. The fourth-order valence-corrected chi connectivity index (χ4v) is 2.74. The monoisotopic (exact) mass is 339 g/mol. The molecule has 0 aliphatic heterocycles. The third kappa shape index (κ3) is 5.84. The quantitative estimate of drug-likeness (QED) is 0.746. The first kappa shape index (κ1) is 19.5. The summed E-state index contributed by atoms with van der Waals surface area (Å²) < 4.78 is 0. The van der Waals surface area contributed by atoms with Crippen molar-refractivity contribution < 1.29 is 9.59 Å². The number of hydrogen-bond acceptors (Lipinski definition) is 3. The Bertz CT molecular complexity index is 543. The maximum atomic E-state index is 12.2. The summed E-state index contributed by atoms with van der Waals surface area (Å²) in [5, 5.41) is 8.89. The number of amides is 2. The lowest BCUT2D eigenvalue weighted by molar-refractivity contribution is -0.116. The molecule has 1 saturated carbocycles. The molecule has 1 fully saturated rings. The summed E-state index contributed by atoms with van der Waals surface area (Å²) in [5.41, 5.74) is 2.31. The Morgan fingerprint density at radius 1 is 1.22 bits per heavy atom. The molecule has 1 aliphatic carbocycles. The molecule has 0 unspecified atom stereocenters. The first-order valence-electron chi connectivity index (χ1n) is 7.96. The van der Waals surface area contributed by atoms with Gasteiger partial charge in [-0.25, -0.2) is 0 Å². The fraction of sp³-hybridized carbons (Fsp3) is 0.529. The average molecular weight is 340 g/mol. The summed E-state index contributed by atoms with van der Waals surface area (Å²) in [5.74, 6) is -0.0522. The van der Waals surface area contributed by atoms with Crippen molar-refractivity contribution in [3.63, 3.8) is 0 Å². The number of carbonyl (C=O) groups excluding carboxylic acids is 2. The van der Waals surface area contributed by atoms with Crippen molar-refractivity contribution in [3.8, 4) is 0 Å². The number of anilines is 1. The molecule has 1 aromatic rings. The van der Waals surface area contributed by atoms with E-state index in [0.717, 1.165) is 24.1 Å². The lowest BCUT2D eigenvalue weighted by Gasteiger charge is -2.14. The molecular formula is C17H26ClN3O2. The van der Waals surface area contributed by atoms with Crippen molar-refractivity contribution in [2.24, 2.45) is 0 Å². The van der Waals surface area contributed by atoms with E-state index < -0.39 is 0 Å². The molecule has 0 atom stereocenters. The summed E-state index contributed by atoms with van der Waals surface area (Å²) in [6.45, 7) is 2.55. The van der Waals surface area contributed by atoms with Crippen LogP contribution in [0.4, 0.5) is 5.69 Å². The Morgan fingerprint density at radius 2 is 1.91 bits per heavy atom. The van der Waals surface area contributed by atoms with Crippen molar-refractivity contribution in [1.82, 2.24) is 10.6 Å². The number of halogens is 1. The molecule has 0 saturated heterocycles. The second-order valence-corrected chi connectivity index (χ2v) is 5.89. The molecule has 2 amide bonds. The number of aryl methyl sites for hydroxylation is 1. The van der Waals surface area contributed by atoms with Gasteiger partial charge in [0.15, 0.2) is 0 Å². The zero-order chi connectivity index (χ0) is 15.9. The van der Waals surface area contributed by atoms with Crippen molar-refractivity contribution in [2.45, 2.75) is 45.1 Å². The van der Waals surface area contributed by atoms with Gasteiger partial charge in [0, 0.05) is 30.3 Å². The van der Waals surface area contributed by atoms with E-state index in [2.05, 4.69) is 16.0 Å². The van der Waals surface area contributed by atoms with Crippen LogP contribution in [-0.4, -0.2) is 31.4 Å². The second kappa shape index (κ2) is 9.53. The van der Waals surface area contributed by atoms with Crippen molar-refractivity contribution >= 4 is 29.9 Å². The standard InChI is InChI=1S/C17H25N3O2.ClH/c1-12-11-13(17(22)19-14-5-3-4-6-14)7-8-15(12)20-16(21)9-10-18-2;/h7-8,11,14,18H,3-6,9-10H2,1-2H3,(H,19,22)(H,20,21);1H. The van der Waals surface area contributed by atoms with Gasteiger partial charge in [0.25, 0.3) is 5.91 Å². The summed E-state index contributed by atoms with van der Waals surface area (Å²) in [4.78, 5) is 24.0. The third-order valence-corrected chi connectivity index (χ3v) is 4.06. The van der Waals surface area contributed by atoms with Gasteiger partial charge >= 0.3 is 0 Å². The lowest BCUT2D eigenvalue weighted by atomic mass is 10.1. The molecule has 128 valence electrons. The number of hydrogen-bond donors (Lipinski definition) is 3. The smallest absolute Gasteiger partial charge is 0.251 e. The van der Waals surface area contributed by atoms with E-state index in [1.165, 1.54) is 12.8 Å². The van der Waals surface area contributed by atoms with E-state index >= 15 is 0 Å². The molecule has 0 aromatic heterocycles. The van der Waals surface area contributed by atoms with Gasteiger partial charge in [-0.1, -0.05) is 12.8 Å². The number of rotatable bonds is 6. The van der Waals surface area contributed by atoms with Crippen molar-refractivity contribution in [3.05, 3.63) is 29.3 Å². The van der Waals surface area contributed by atoms with Gasteiger partial charge in [-0.15, -0.1) is 12.4 Å². The Morgan fingerprint density at radius 3 is 2.52 bits per heavy atom. The molecule has 2 rings (SSSR count). The first-order chi connectivity index (χ1) is 10.6. The normalized spacial score (nSPS) is 14.2. The van der Waals surface area contributed by atoms with Crippen LogP contribution in [0.3, 0.4) is 0 Å². The van der Waals surface area contributed by atoms with E-state index in [1.807, 2.05) is 20.0 Å². The molecule has 3 N–H and O–H groups in total. The predicted octanol–water partition coefficient (Wildman–Crippen LogP) is 2.64. The van der Waals surface area contributed by atoms with Crippen LogP contribution < -0.4 is 16.0 Å². The number of carbonyl (C=O) groups is 2. The molecule has 1 aromatic carbocycles. The maximum absolute atomic E-state index is 12.2. The van der Waals surface area contributed by atoms with Crippen LogP contribution in [0.5, 0.6) is 0 Å². The molecular weight excluding hydrogens is 314 g/mol. The maximum Gasteiger partial charge on any atom is 0.251 e.